The lowest BCUT2D eigenvalue weighted by molar-refractivity contribution is 0.101. The third-order valence-corrected chi connectivity index (χ3v) is 3.32. The SMILES string of the molecule is CCCOc1ccc(-c2ccc(C(C)=O)c(Cl)c2)cc1. The molecule has 0 aliphatic rings. The van der Waals surface area contributed by atoms with E-state index in [9.17, 15) is 4.79 Å². The smallest absolute Gasteiger partial charge is 0.161 e. The number of carbonyl (C=O) groups excluding carboxylic acids is 1. The predicted molar refractivity (Wildman–Crippen MR) is 82.7 cm³/mol. The van der Waals surface area contributed by atoms with Crippen LogP contribution >= 0.6 is 11.6 Å². The van der Waals surface area contributed by atoms with E-state index in [1.807, 2.05) is 36.4 Å². The minimum atomic E-state index is -0.0233. The van der Waals surface area contributed by atoms with Crippen molar-refractivity contribution in [2.75, 3.05) is 6.61 Å². The summed E-state index contributed by atoms with van der Waals surface area (Å²) in [5.74, 6) is 0.840. The van der Waals surface area contributed by atoms with Crippen molar-refractivity contribution in [1.82, 2.24) is 0 Å². The lowest BCUT2D eigenvalue weighted by Gasteiger charge is -2.07. The van der Waals surface area contributed by atoms with Crippen LogP contribution in [-0.4, -0.2) is 12.4 Å². The predicted octanol–water partition coefficient (Wildman–Crippen LogP) is 5.00. The molecule has 0 radical (unpaired) electrons. The van der Waals surface area contributed by atoms with Crippen molar-refractivity contribution < 1.29 is 9.53 Å². The topological polar surface area (TPSA) is 26.3 Å². The number of hydrogen-bond acceptors (Lipinski definition) is 2. The van der Waals surface area contributed by atoms with Gasteiger partial charge in [0.1, 0.15) is 5.75 Å². The van der Waals surface area contributed by atoms with Crippen molar-refractivity contribution >= 4 is 17.4 Å². The Bertz CT molecular complexity index is 603. The maximum Gasteiger partial charge on any atom is 0.161 e. The van der Waals surface area contributed by atoms with E-state index in [1.54, 1.807) is 6.07 Å². The summed E-state index contributed by atoms with van der Waals surface area (Å²) in [5, 5.41) is 0.487. The van der Waals surface area contributed by atoms with E-state index in [0.717, 1.165) is 29.9 Å². The highest BCUT2D eigenvalue weighted by molar-refractivity contribution is 6.34. The Labute approximate surface area is 124 Å². The van der Waals surface area contributed by atoms with E-state index in [4.69, 9.17) is 16.3 Å². The van der Waals surface area contributed by atoms with Gasteiger partial charge in [0.2, 0.25) is 0 Å². The van der Waals surface area contributed by atoms with Crippen LogP contribution in [0.2, 0.25) is 5.02 Å². The summed E-state index contributed by atoms with van der Waals surface area (Å²) in [5.41, 5.74) is 2.59. The average Bonchev–Trinajstić information content (AvgIpc) is 2.45. The summed E-state index contributed by atoms with van der Waals surface area (Å²) in [6, 6.07) is 13.4. The first-order valence-corrected chi connectivity index (χ1v) is 7.03. The van der Waals surface area contributed by atoms with Crippen LogP contribution in [0.5, 0.6) is 5.75 Å². The Morgan fingerprint density at radius 3 is 2.30 bits per heavy atom. The molecule has 0 heterocycles. The number of rotatable bonds is 5. The highest BCUT2D eigenvalue weighted by Crippen LogP contribution is 2.27. The Morgan fingerprint density at radius 2 is 1.75 bits per heavy atom. The maximum absolute atomic E-state index is 11.4. The van der Waals surface area contributed by atoms with Crippen LogP contribution in [0.3, 0.4) is 0 Å². The summed E-state index contributed by atoms with van der Waals surface area (Å²) >= 11 is 6.13. The first-order valence-electron chi connectivity index (χ1n) is 6.65. The van der Waals surface area contributed by atoms with E-state index in [0.29, 0.717) is 10.6 Å². The molecule has 0 fully saturated rings. The quantitative estimate of drug-likeness (QED) is 0.724. The molecule has 0 N–H and O–H groups in total. The highest BCUT2D eigenvalue weighted by Gasteiger charge is 2.07. The molecule has 0 aliphatic heterocycles. The molecule has 0 aromatic heterocycles. The maximum atomic E-state index is 11.4. The standard InChI is InChI=1S/C17H17ClO2/c1-3-10-20-15-7-4-13(5-8-15)14-6-9-16(12(2)19)17(18)11-14/h4-9,11H,3,10H2,1-2H3. The molecule has 104 valence electrons. The van der Waals surface area contributed by atoms with E-state index >= 15 is 0 Å². The minimum absolute atomic E-state index is 0.0233. The van der Waals surface area contributed by atoms with Gasteiger partial charge in [0.25, 0.3) is 0 Å². The van der Waals surface area contributed by atoms with Crippen LogP contribution in [0, 0.1) is 0 Å². The van der Waals surface area contributed by atoms with Crippen molar-refractivity contribution in [3.63, 3.8) is 0 Å². The fourth-order valence-corrected chi connectivity index (χ4v) is 2.26. The number of carbonyl (C=O) groups is 1. The summed E-state index contributed by atoms with van der Waals surface area (Å²) < 4.78 is 5.55. The molecule has 0 spiro atoms. The molecule has 20 heavy (non-hydrogen) atoms. The number of halogens is 1. The molecular weight excluding hydrogens is 272 g/mol. The zero-order chi connectivity index (χ0) is 14.5. The van der Waals surface area contributed by atoms with E-state index in [2.05, 4.69) is 6.92 Å². The summed E-state index contributed by atoms with van der Waals surface area (Å²) in [6.07, 6.45) is 0.990. The molecule has 0 aliphatic carbocycles. The van der Waals surface area contributed by atoms with E-state index < -0.39 is 0 Å². The molecule has 2 aromatic carbocycles. The molecule has 0 amide bonds. The van der Waals surface area contributed by atoms with Gasteiger partial charge in [-0.3, -0.25) is 4.79 Å². The molecule has 2 nitrogen and oxygen atoms in total. The van der Waals surface area contributed by atoms with Crippen molar-refractivity contribution in [2.24, 2.45) is 0 Å². The average molecular weight is 289 g/mol. The number of benzene rings is 2. The minimum Gasteiger partial charge on any atom is -0.494 e. The van der Waals surface area contributed by atoms with Gasteiger partial charge in [-0.05, 0) is 48.7 Å². The lowest BCUT2D eigenvalue weighted by Crippen LogP contribution is -1.95. The van der Waals surface area contributed by atoms with Crippen molar-refractivity contribution in [3.05, 3.63) is 53.1 Å². The fraction of sp³-hybridized carbons (Fsp3) is 0.235. The molecule has 0 unspecified atom stereocenters. The fourth-order valence-electron chi connectivity index (χ4n) is 1.94. The van der Waals surface area contributed by atoms with Gasteiger partial charge in [-0.1, -0.05) is 36.7 Å². The zero-order valence-corrected chi connectivity index (χ0v) is 12.4. The zero-order valence-electron chi connectivity index (χ0n) is 11.7. The lowest BCUT2D eigenvalue weighted by atomic mass is 10.0. The van der Waals surface area contributed by atoms with Crippen LogP contribution in [0.4, 0.5) is 0 Å². The largest absolute Gasteiger partial charge is 0.494 e. The van der Waals surface area contributed by atoms with E-state index in [-0.39, 0.29) is 5.78 Å². The Balaban J connectivity index is 2.23. The van der Waals surface area contributed by atoms with E-state index in [1.165, 1.54) is 6.92 Å². The number of hydrogen-bond donors (Lipinski definition) is 0. The Kier molecular flexibility index (Phi) is 4.80. The highest BCUT2D eigenvalue weighted by atomic mass is 35.5. The third kappa shape index (κ3) is 3.40. The number of ketones is 1. The molecule has 2 rings (SSSR count). The first-order chi connectivity index (χ1) is 9.61. The first kappa shape index (κ1) is 14.6. The Hall–Kier alpha value is -1.80. The number of Topliss-reactive ketones (excluding diaryl/α,β-unsaturated/α-hetero) is 1. The van der Waals surface area contributed by atoms with Crippen molar-refractivity contribution in [2.45, 2.75) is 20.3 Å². The second kappa shape index (κ2) is 6.58. The van der Waals surface area contributed by atoms with Gasteiger partial charge in [-0.15, -0.1) is 0 Å². The van der Waals surface area contributed by atoms with Crippen LogP contribution in [0.1, 0.15) is 30.6 Å². The van der Waals surface area contributed by atoms with Gasteiger partial charge in [-0.25, -0.2) is 0 Å². The van der Waals surface area contributed by atoms with Crippen LogP contribution < -0.4 is 4.74 Å². The van der Waals surface area contributed by atoms with Crippen LogP contribution in [0.15, 0.2) is 42.5 Å². The summed E-state index contributed by atoms with van der Waals surface area (Å²) in [4.78, 5) is 11.4. The van der Waals surface area contributed by atoms with Gasteiger partial charge in [-0.2, -0.15) is 0 Å². The second-order valence-corrected chi connectivity index (χ2v) is 5.03. The van der Waals surface area contributed by atoms with Gasteiger partial charge in [0.15, 0.2) is 5.78 Å². The van der Waals surface area contributed by atoms with Crippen LogP contribution in [0.25, 0.3) is 11.1 Å². The van der Waals surface area contributed by atoms with Gasteiger partial charge >= 0.3 is 0 Å². The Morgan fingerprint density at radius 1 is 1.10 bits per heavy atom. The normalized spacial score (nSPS) is 10.3. The van der Waals surface area contributed by atoms with Gasteiger partial charge < -0.3 is 4.74 Å². The van der Waals surface area contributed by atoms with Crippen molar-refractivity contribution in [3.8, 4) is 16.9 Å². The summed E-state index contributed by atoms with van der Waals surface area (Å²) in [7, 11) is 0. The van der Waals surface area contributed by atoms with Gasteiger partial charge in [0.05, 0.1) is 11.6 Å². The molecule has 0 saturated heterocycles. The summed E-state index contributed by atoms with van der Waals surface area (Å²) in [6.45, 7) is 4.31. The van der Waals surface area contributed by atoms with Crippen molar-refractivity contribution in [1.29, 1.82) is 0 Å². The molecule has 0 saturated carbocycles. The molecule has 3 heteroatoms. The second-order valence-electron chi connectivity index (χ2n) is 4.62. The third-order valence-electron chi connectivity index (χ3n) is 3.01. The monoisotopic (exact) mass is 288 g/mol. The van der Waals surface area contributed by atoms with Gasteiger partial charge in [0, 0.05) is 5.56 Å². The molecule has 0 atom stereocenters. The van der Waals surface area contributed by atoms with Crippen LogP contribution in [-0.2, 0) is 0 Å². The number of ether oxygens (including phenoxy) is 1. The molecule has 2 aromatic rings. The molecule has 0 bridgehead atoms. The molecular formula is C17H17ClO2.